The Bertz CT molecular complexity index is 67.9. The molecule has 1 rings (SSSR count). The predicted octanol–water partition coefficient (Wildman–Crippen LogP) is 3.02. The Labute approximate surface area is 66.5 Å². The third kappa shape index (κ3) is 2.35. The maximum absolute atomic E-state index is 5.92. The van der Waals surface area contributed by atoms with Gasteiger partial charge in [0.2, 0.25) is 0 Å². The second kappa shape index (κ2) is 3.12. The highest BCUT2D eigenvalue weighted by Gasteiger charge is 2.22. The summed E-state index contributed by atoms with van der Waals surface area (Å²) < 4.78 is 0. The van der Waals surface area contributed by atoms with Gasteiger partial charge in [-0.15, -0.1) is 23.2 Å². The minimum atomic E-state index is 0.330. The lowest BCUT2D eigenvalue weighted by molar-refractivity contribution is 0.396. The fourth-order valence-corrected chi connectivity index (χ4v) is 2.57. The van der Waals surface area contributed by atoms with E-state index in [4.69, 9.17) is 23.2 Å². The molecule has 0 aromatic heterocycles. The maximum Gasteiger partial charge on any atom is 0.0352 e. The third-order valence-electron chi connectivity index (χ3n) is 1.83. The number of alkyl halides is 2. The molecular formula is C7H12Cl2. The zero-order valence-corrected chi connectivity index (χ0v) is 7.12. The van der Waals surface area contributed by atoms with Crippen LogP contribution < -0.4 is 0 Å². The molecule has 0 amide bonds. The van der Waals surface area contributed by atoms with Gasteiger partial charge in [-0.2, -0.15) is 0 Å². The van der Waals surface area contributed by atoms with Crippen molar-refractivity contribution in [3.8, 4) is 0 Å². The summed E-state index contributed by atoms with van der Waals surface area (Å²) in [6, 6.07) is 0. The van der Waals surface area contributed by atoms with Crippen molar-refractivity contribution in [2.75, 3.05) is 0 Å². The number of hydrogen-bond acceptors (Lipinski definition) is 0. The fourth-order valence-electron chi connectivity index (χ4n) is 1.44. The molecule has 0 saturated heterocycles. The molecule has 1 saturated carbocycles. The molecule has 0 aromatic carbocycles. The molecule has 1 aliphatic rings. The van der Waals surface area contributed by atoms with Gasteiger partial charge in [0.05, 0.1) is 0 Å². The molecule has 2 heteroatoms. The fraction of sp³-hybridized carbons (Fsp3) is 1.00. The molecule has 1 fully saturated rings. The average molecular weight is 167 g/mol. The molecule has 1 aliphatic carbocycles. The van der Waals surface area contributed by atoms with Crippen LogP contribution in [0.3, 0.4) is 0 Å². The maximum atomic E-state index is 5.92. The van der Waals surface area contributed by atoms with E-state index in [1.54, 1.807) is 0 Å². The van der Waals surface area contributed by atoms with Crippen LogP contribution in [0.2, 0.25) is 0 Å². The van der Waals surface area contributed by atoms with E-state index >= 15 is 0 Å². The Morgan fingerprint density at radius 3 is 1.78 bits per heavy atom. The molecule has 0 unspecified atom stereocenters. The van der Waals surface area contributed by atoms with E-state index in [9.17, 15) is 0 Å². The van der Waals surface area contributed by atoms with E-state index in [0.29, 0.717) is 10.8 Å². The van der Waals surface area contributed by atoms with E-state index in [2.05, 4.69) is 6.92 Å². The van der Waals surface area contributed by atoms with Crippen LogP contribution in [0.4, 0.5) is 0 Å². The van der Waals surface area contributed by atoms with Crippen molar-refractivity contribution in [2.45, 2.75) is 36.9 Å². The van der Waals surface area contributed by atoms with E-state index < -0.39 is 0 Å². The lowest BCUT2D eigenvalue weighted by Crippen LogP contribution is -2.21. The van der Waals surface area contributed by atoms with Gasteiger partial charge in [0.1, 0.15) is 0 Å². The van der Waals surface area contributed by atoms with Crippen molar-refractivity contribution >= 4 is 23.2 Å². The molecule has 0 radical (unpaired) electrons. The van der Waals surface area contributed by atoms with Gasteiger partial charge in [0.15, 0.2) is 0 Å². The van der Waals surface area contributed by atoms with Crippen molar-refractivity contribution in [3.63, 3.8) is 0 Å². The molecule has 54 valence electrons. The van der Waals surface area contributed by atoms with E-state index in [1.165, 1.54) is 0 Å². The molecule has 0 aliphatic heterocycles. The van der Waals surface area contributed by atoms with Gasteiger partial charge in [-0.1, -0.05) is 6.92 Å². The summed E-state index contributed by atoms with van der Waals surface area (Å²) >= 11 is 11.8. The van der Waals surface area contributed by atoms with Crippen molar-refractivity contribution in [3.05, 3.63) is 0 Å². The van der Waals surface area contributed by atoms with Gasteiger partial charge >= 0.3 is 0 Å². The minimum absolute atomic E-state index is 0.330. The third-order valence-corrected chi connectivity index (χ3v) is 2.54. The van der Waals surface area contributed by atoms with Crippen LogP contribution >= 0.6 is 23.2 Å². The Morgan fingerprint density at radius 2 is 1.44 bits per heavy atom. The van der Waals surface area contributed by atoms with Crippen LogP contribution in [0.5, 0.6) is 0 Å². The van der Waals surface area contributed by atoms with Crippen molar-refractivity contribution < 1.29 is 0 Å². The van der Waals surface area contributed by atoms with E-state index in [1.807, 2.05) is 0 Å². The summed E-state index contributed by atoms with van der Waals surface area (Å²) in [4.78, 5) is 0. The van der Waals surface area contributed by atoms with Gasteiger partial charge in [-0.25, -0.2) is 0 Å². The minimum Gasteiger partial charge on any atom is -0.123 e. The quantitative estimate of drug-likeness (QED) is 0.486. The summed E-state index contributed by atoms with van der Waals surface area (Å²) in [6.07, 6.45) is 3.28. The highest BCUT2D eigenvalue weighted by molar-refractivity contribution is 6.23. The first-order valence-corrected chi connectivity index (χ1v) is 4.34. The van der Waals surface area contributed by atoms with Gasteiger partial charge in [-0.3, -0.25) is 0 Å². The molecule has 9 heavy (non-hydrogen) atoms. The monoisotopic (exact) mass is 166 g/mol. The first kappa shape index (κ1) is 7.68. The number of halogens is 2. The summed E-state index contributed by atoms with van der Waals surface area (Å²) in [5.74, 6) is 0.726. The van der Waals surface area contributed by atoms with Crippen LogP contribution in [0.25, 0.3) is 0 Å². The lowest BCUT2D eigenvalue weighted by atomic mass is 9.90. The smallest absolute Gasteiger partial charge is 0.0352 e. The second-order valence-electron chi connectivity index (χ2n) is 3.01. The SMILES string of the molecule is CC1C[C@@H](Cl)C[C@H](Cl)C1. The summed E-state index contributed by atoms with van der Waals surface area (Å²) in [5.41, 5.74) is 0. The molecule has 0 nitrogen and oxygen atoms in total. The molecule has 0 spiro atoms. The molecule has 0 aromatic rings. The van der Waals surface area contributed by atoms with Gasteiger partial charge in [0, 0.05) is 10.8 Å². The molecule has 0 heterocycles. The Hall–Kier alpha value is 0.580. The van der Waals surface area contributed by atoms with Gasteiger partial charge < -0.3 is 0 Å². The second-order valence-corrected chi connectivity index (χ2v) is 4.24. The number of rotatable bonds is 0. The summed E-state index contributed by atoms with van der Waals surface area (Å²) in [5, 5.41) is 0.660. The first-order valence-electron chi connectivity index (χ1n) is 3.46. The lowest BCUT2D eigenvalue weighted by Gasteiger charge is -2.25. The van der Waals surface area contributed by atoms with Gasteiger partial charge in [0.25, 0.3) is 0 Å². The topological polar surface area (TPSA) is 0 Å². The van der Waals surface area contributed by atoms with Crippen LogP contribution in [0.15, 0.2) is 0 Å². The van der Waals surface area contributed by atoms with Crippen LogP contribution in [0, 0.1) is 5.92 Å². The Morgan fingerprint density at radius 1 is 1.00 bits per heavy atom. The van der Waals surface area contributed by atoms with Crippen LogP contribution in [0.1, 0.15) is 26.2 Å². The average Bonchev–Trinajstić information content (AvgIpc) is 1.59. The zero-order valence-electron chi connectivity index (χ0n) is 5.61. The van der Waals surface area contributed by atoms with Crippen molar-refractivity contribution in [1.29, 1.82) is 0 Å². The number of hydrogen-bond donors (Lipinski definition) is 0. The Kier molecular flexibility index (Phi) is 2.66. The highest BCUT2D eigenvalue weighted by Crippen LogP contribution is 2.30. The first-order chi connectivity index (χ1) is 4.18. The molecular weight excluding hydrogens is 155 g/mol. The van der Waals surface area contributed by atoms with Crippen LogP contribution in [-0.2, 0) is 0 Å². The largest absolute Gasteiger partial charge is 0.123 e. The van der Waals surface area contributed by atoms with Gasteiger partial charge in [-0.05, 0) is 25.2 Å². The van der Waals surface area contributed by atoms with Crippen molar-refractivity contribution in [2.24, 2.45) is 5.92 Å². The Balaban J connectivity index is 2.34. The molecule has 2 atom stereocenters. The van der Waals surface area contributed by atoms with Crippen LogP contribution in [-0.4, -0.2) is 10.8 Å². The summed E-state index contributed by atoms with van der Waals surface area (Å²) in [6.45, 7) is 2.21. The zero-order chi connectivity index (χ0) is 6.85. The predicted molar refractivity (Wildman–Crippen MR) is 42.3 cm³/mol. The highest BCUT2D eigenvalue weighted by atomic mass is 35.5. The standard InChI is InChI=1S/C7H12Cl2/c1-5-2-6(8)4-7(9)3-5/h5-7H,2-4H2,1H3/t6-,7-/m1/s1. The normalized spacial score (nSPS) is 45.0. The van der Waals surface area contributed by atoms with E-state index in [0.717, 1.165) is 25.2 Å². The molecule has 0 bridgehead atoms. The summed E-state index contributed by atoms with van der Waals surface area (Å²) in [7, 11) is 0. The van der Waals surface area contributed by atoms with E-state index in [-0.39, 0.29) is 0 Å². The molecule has 0 N–H and O–H groups in total. The van der Waals surface area contributed by atoms with Crippen molar-refractivity contribution in [1.82, 2.24) is 0 Å².